The first kappa shape index (κ1) is 21.7. The van der Waals surface area contributed by atoms with Gasteiger partial charge in [0.05, 0.1) is 12.7 Å². The molecule has 1 aromatic carbocycles. The average molecular weight is 449 g/mol. The third-order valence-corrected chi connectivity index (χ3v) is 7.55. The van der Waals surface area contributed by atoms with Gasteiger partial charge in [-0.25, -0.2) is 0 Å². The summed E-state index contributed by atoms with van der Waals surface area (Å²) >= 11 is 0. The van der Waals surface area contributed by atoms with Crippen molar-refractivity contribution in [2.75, 3.05) is 38.2 Å². The molecule has 1 atom stereocenters. The highest BCUT2D eigenvalue weighted by Crippen LogP contribution is 2.52. The van der Waals surface area contributed by atoms with Crippen LogP contribution in [0.5, 0.6) is 11.9 Å². The van der Waals surface area contributed by atoms with E-state index in [0.717, 1.165) is 37.1 Å². The Morgan fingerprint density at radius 3 is 2.52 bits per heavy atom. The van der Waals surface area contributed by atoms with E-state index in [2.05, 4.69) is 54.6 Å². The Morgan fingerprint density at radius 2 is 1.82 bits per heavy atom. The van der Waals surface area contributed by atoms with Crippen LogP contribution in [0.25, 0.3) is 0 Å². The molecule has 0 N–H and O–H groups in total. The summed E-state index contributed by atoms with van der Waals surface area (Å²) in [5.41, 5.74) is 3.44. The number of piperazine rings is 1. The van der Waals surface area contributed by atoms with Crippen molar-refractivity contribution in [3.8, 4) is 11.9 Å². The molecule has 1 unspecified atom stereocenters. The predicted molar refractivity (Wildman–Crippen MR) is 127 cm³/mol. The molecular formula is C26H32N4O3. The average Bonchev–Trinajstić information content (AvgIpc) is 2.85. The number of ether oxygens (including phenoxy) is 2. The fourth-order valence-electron chi connectivity index (χ4n) is 5.54. The molecular weight excluding hydrogens is 416 g/mol. The molecule has 2 aliphatic heterocycles. The van der Waals surface area contributed by atoms with Crippen LogP contribution in [0.2, 0.25) is 0 Å². The van der Waals surface area contributed by atoms with Crippen molar-refractivity contribution < 1.29 is 14.3 Å². The first-order chi connectivity index (χ1) is 15.9. The summed E-state index contributed by atoms with van der Waals surface area (Å²) < 4.78 is 12.3. The monoisotopic (exact) mass is 448 g/mol. The lowest BCUT2D eigenvalue weighted by Gasteiger charge is -2.47. The van der Waals surface area contributed by atoms with Crippen LogP contribution in [0.4, 0.5) is 5.82 Å². The Hall–Kier alpha value is -3.09. The highest BCUT2D eigenvalue weighted by Gasteiger charge is 2.47. The van der Waals surface area contributed by atoms with Gasteiger partial charge in [0.2, 0.25) is 11.8 Å². The van der Waals surface area contributed by atoms with Crippen molar-refractivity contribution in [3.63, 3.8) is 0 Å². The van der Waals surface area contributed by atoms with Crippen molar-refractivity contribution in [1.29, 1.82) is 0 Å². The Labute approximate surface area is 195 Å². The predicted octanol–water partition coefficient (Wildman–Crippen LogP) is 3.61. The Morgan fingerprint density at radius 1 is 1.09 bits per heavy atom. The van der Waals surface area contributed by atoms with Gasteiger partial charge in [-0.1, -0.05) is 44.7 Å². The number of fused-ring (bicyclic) bond motifs is 3. The van der Waals surface area contributed by atoms with Crippen LogP contribution in [-0.4, -0.2) is 54.1 Å². The Kier molecular flexibility index (Phi) is 5.30. The topological polar surface area (TPSA) is 67.8 Å². The molecule has 2 aromatic rings. The Bertz CT molecular complexity index is 1090. The molecule has 1 aromatic heterocycles. The molecule has 1 aliphatic carbocycles. The van der Waals surface area contributed by atoms with Gasteiger partial charge >= 0.3 is 6.01 Å². The molecule has 0 bridgehead atoms. The van der Waals surface area contributed by atoms with Gasteiger partial charge in [-0.2, -0.15) is 9.97 Å². The number of methoxy groups -OCH3 is 1. The van der Waals surface area contributed by atoms with E-state index in [1.165, 1.54) is 17.2 Å². The number of amides is 1. The molecule has 1 saturated heterocycles. The summed E-state index contributed by atoms with van der Waals surface area (Å²) in [5, 5.41) is 0. The zero-order valence-corrected chi connectivity index (χ0v) is 19.8. The molecule has 0 saturated carbocycles. The lowest BCUT2D eigenvalue weighted by atomic mass is 9.65. The van der Waals surface area contributed by atoms with Gasteiger partial charge in [-0.3, -0.25) is 4.79 Å². The van der Waals surface area contributed by atoms with E-state index in [0.29, 0.717) is 38.1 Å². The lowest BCUT2D eigenvalue weighted by molar-refractivity contribution is -0.126. The van der Waals surface area contributed by atoms with Crippen molar-refractivity contribution in [2.45, 2.75) is 50.5 Å². The van der Waals surface area contributed by atoms with E-state index in [1.807, 2.05) is 4.90 Å². The normalized spacial score (nSPS) is 23.4. The fraction of sp³-hybridized carbons (Fsp3) is 0.500. The molecule has 5 rings (SSSR count). The number of rotatable bonds is 3. The van der Waals surface area contributed by atoms with Gasteiger partial charge < -0.3 is 19.3 Å². The Balaban J connectivity index is 1.49. The summed E-state index contributed by atoms with van der Waals surface area (Å²) in [7, 11) is 1.59. The van der Waals surface area contributed by atoms with Crippen LogP contribution in [0.1, 0.15) is 49.8 Å². The van der Waals surface area contributed by atoms with Crippen LogP contribution in [0.3, 0.4) is 0 Å². The fourth-order valence-corrected chi connectivity index (χ4v) is 5.54. The van der Waals surface area contributed by atoms with Crippen LogP contribution in [0, 0.1) is 0 Å². The number of anilines is 1. The van der Waals surface area contributed by atoms with E-state index in [-0.39, 0.29) is 16.9 Å². The zero-order chi connectivity index (χ0) is 23.2. The van der Waals surface area contributed by atoms with Crippen LogP contribution < -0.4 is 14.4 Å². The SMILES string of the molecule is C=CC(=O)N1CCN(c2nc(OC)nc3c2CCC2(CCC(C)(C)c4ccccc42)O3)CC1. The van der Waals surface area contributed by atoms with Crippen molar-refractivity contribution >= 4 is 11.7 Å². The van der Waals surface area contributed by atoms with E-state index in [4.69, 9.17) is 14.5 Å². The maximum atomic E-state index is 12.0. The number of nitrogens with zero attached hydrogens (tertiary/aromatic N) is 4. The molecule has 1 fully saturated rings. The number of benzene rings is 1. The summed E-state index contributed by atoms with van der Waals surface area (Å²) in [6, 6.07) is 9.00. The number of carbonyl (C=O) groups is 1. The summed E-state index contributed by atoms with van der Waals surface area (Å²) in [4.78, 5) is 25.4. The summed E-state index contributed by atoms with van der Waals surface area (Å²) in [6.07, 6.45) is 5.13. The van der Waals surface area contributed by atoms with Gasteiger partial charge in [0.15, 0.2) is 0 Å². The number of hydrogen-bond donors (Lipinski definition) is 0. The van der Waals surface area contributed by atoms with Gasteiger partial charge in [0.25, 0.3) is 0 Å². The summed E-state index contributed by atoms with van der Waals surface area (Å²) in [5.74, 6) is 1.46. The maximum absolute atomic E-state index is 12.0. The number of hydrogen-bond acceptors (Lipinski definition) is 6. The lowest BCUT2D eigenvalue weighted by Crippen LogP contribution is -2.49. The second kappa shape index (κ2) is 8.04. The standard InChI is InChI=1S/C26H32N4O3/c1-5-21(31)29-14-16-30(17-15-29)22-18-10-11-26(33-23(18)28-24(27-22)32-4)13-12-25(2,3)19-8-6-7-9-20(19)26/h5-9H,1,10-17H2,2-4H3. The molecule has 0 radical (unpaired) electrons. The highest BCUT2D eigenvalue weighted by atomic mass is 16.5. The van der Waals surface area contributed by atoms with Gasteiger partial charge in [-0.15, -0.1) is 0 Å². The van der Waals surface area contributed by atoms with E-state index < -0.39 is 0 Å². The minimum Gasteiger partial charge on any atom is -0.467 e. The van der Waals surface area contributed by atoms with Crippen molar-refractivity contribution in [3.05, 3.63) is 53.6 Å². The van der Waals surface area contributed by atoms with Crippen molar-refractivity contribution in [1.82, 2.24) is 14.9 Å². The third-order valence-electron chi connectivity index (χ3n) is 7.55. The minimum atomic E-state index is -0.370. The third kappa shape index (κ3) is 3.63. The molecule has 1 amide bonds. The number of aromatic nitrogens is 2. The van der Waals surface area contributed by atoms with Crippen LogP contribution in [-0.2, 0) is 22.2 Å². The van der Waals surface area contributed by atoms with Gasteiger partial charge in [-0.05, 0) is 48.3 Å². The smallest absolute Gasteiger partial charge is 0.321 e. The molecule has 1 spiro atoms. The van der Waals surface area contributed by atoms with E-state index in [9.17, 15) is 4.79 Å². The molecule has 3 heterocycles. The van der Waals surface area contributed by atoms with Crippen LogP contribution in [0.15, 0.2) is 36.9 Å². The number of carbonyl (C=O) groups excluding carboxylic acids is 1. The minimum absolute atomic E-state index is 0.0267. The molecule has 7 heteroatoms. The second-order valence-electron chi connectivity index (χ2n) is 9.86. The second-order valence-corrected chi connectivity index (χ2v) is 9.86. The highest BCUT2D eigenvalue weighted by molar-refractivity contribution is 5.87. The zero-order valence-electron chi connectivity index (χ0n) is 19.8. The van der Waals surface area contributed by atoms with E-state index in [1.54, 1.807) is 7.11 Å². The van der Waals surface area contributed by atoms with Gasteiger partial charge in [0.1, 0.15) is 11.4 Å². The first-order valence-electron chi connectivity index (χ1n) is 11.8. The molecule has 174 valence electrons. The van der Waals surface area contributed by atoms with Crippen LogP contribution >= 0.6 is 0 Å². The van der Waals surface area contributed by atoms with Gasteiger partial charge in [0, 0.05) is 26.2 Å². The largest absolute Gasteiger partial charge is 0.467 e. The molecule has 3 aliphatic rings. The quantitative estimate of drug-likeness (QED) is 0.669. The molecule has 7 nitrogen and oxygen atoms in total. The summed E-state index contributed by atoms with van der Waals surface area (Å²) in [6.45, 7) is 10.9. The first-order valence-corrected chi connectivity index (χ1v) is 11.8. The van der Waals surface area contributed by atoms with E-state index >= 15 is 0 Å². The molecule has 33 heavy (non-hydrogen) atoms. The van der Waals surface area contributed by atoms with Crippen molar-refractivity contribution in [2.24, 2.45) is 0 Å². The maximum Gasteiger partial charge on any atom is 0.321 e.